The number of ether oxygens (including phenoxy) is 2. The molecule has 1 aliphatic carbocycles. The first-order chi connectivity index (χ1) is 10.3. The summed E-state index contributed by atoms with van der Waals surface area (Å²) in [6.45, 7) is 1.72. The maximum Gasteiger partial charge on any atom is 0.124 e. The predicted octanol–water partition coefficient (Wildman–Crippen LogP) is 2.66. The standard InChI is InChI=1S/C17H25NO3/c1-20-14-5-6-17-15(10-14)16(7-8-21-17)18-11-12-3-2-4-13(19)9-12/h5-6,10,12-13,16,18-19H,2-4,7-9,11H2,1H3. The van der Waals surface area contributed by atoms with Crippen molar-refractivity contribution < 1.29 is 14.6 Å². The Kier molecular flexibility index (Phi) is 4.66. The molecule has 116 valence electrons. The van der Waals surface area contributed by atoms with Gasteiger partial charge in [0.05, 0.1) is 19.8 Å². The molecular weight excluding hydrogens is 266 g/mol. The number of methoxy groups -OCH3 is 1. The summed E-state index contributed by atoms with van der Waals surface area (Å²) in [5.74, 6) is 2.42. The van der Waals surface area contributed by atoms with Crippen LogP contribution in [0.1, 0.15) is 43.7 Å². The monoisotopic (exact) mass is 291 g/mol. The fraction of sp³-hybridized carbons (Fsp3) is 0.647. The lowest BCUT2D eigenvalue weighted by molar-refractivity contribution is 0.0987. The van der Waals surface area contributed by atoms with Crippen LogP contribution in [0.15, 0.2) is 18.2 Å². The van der Waals surface area contributed by atoms with Crippen LogP contribution in [0.4, 0.5) is 0 Å². The summed E-state index contributed by atoms with van der Waals surface area (Å²) in [4.78, 5) is 0. The van der Waals surface area contributed by atoms with Crippen LogP contribution in [-0.2, 0) is 0 Å². The van der Waals surface area contributed by atoms with Gasteiger partial charge >= 0.3 is 0 Å². The third-order valence-electron chi connectivity index (χ3n) is 4.66. The second-order valence-electron chi connectivity index (χ2n) is 6.19. The first-order valence-corrected chi connectivity index (χ1v) is 7.98. The Morgan fingerprint density at radius 3 is 3.05 bits per heavy atom. The van der Waals surface area contributed by atoms with Crippen LogP contribution in [0, 0.1) is 5.92 Å². The highest BCUT2D eigenvalue weighted by Crippen LogP contribution is 2.35. The summed E-state index contributed by atoms with van der Waals surface area (Å²) in [7, 11) is 1.69. The Hall–Kier alpha value is -1.26. The van der Waals surface area contributed by atoms with E-state index >= 15 is 0 Å². The molecule has 0 spiro atoms. The molecule has 1 heterocycles. The Bertz CT molecular complexity index is 477. The molecular formula is C17H25NO3. The van der Waals surface area contributed by atoms with E-state index in [1.54, 1.807) is 7.11 Å². The van der Waals surface area contributed by atoms with Crippen LogP contribution in [0.25, 0.3) is 0 Å². The lowest BCUT2D eigenvalue weighted by Gasteiger charge is -2.31. The van der Waals surface area contributed by atoms with E-state index < -0.39 is 0 Å². The Morgan fingerprint density at radius 2 is 2.24 bits per heavy atom. The molecule has 1 aliphatic heterocycles. The quantitative estimate of drug-likeness (QED) is 0.895. The molecule has 4 nitrogen and oxygen atoms in total. The summed E-state index contributed by atoms with van der Waals surface area (Å²) in [6, 6.07) is 6.33. The second-order valence-corrected chi connectivity index (χ2v) is 6.19. The maximum atomic E-state index is 9.78. The van der Waals surface area contributed by atoms with Gasteiger partial charge < -0.3 is 19.9 Å². The summed E-state index contributed by atoms with van der Waals surface area (Å²) in [5, 5.41) is 13.5. The minimum absolute atomic E-state index is 0.104. The maximum absolute atomic E-state index is 9.78. The van der Waals surface area contributed by atoms with Gasteiger partial charge in [-0.05, 0) is 49.9 Å². The average molecular weight is 291 g/mol. The van der Waals surface area contributed by atoms with Gasteiger partial charge in [-0.15, -0.1) is 0 Å². The highest BCUT2D eigenvalue weighted by Gasteiger charge is 2.25. The van der Waals surface area contributed by atoms with E-state index in [0.29, 0.717) is 12.0 Å². The third kappa shape index (κ3) is 3.50. The van der Waals surface area contributed by atoms with Crippen molar-refractivity contribution in [2.45, 2.75) is 44.2 Å². The number of aliphatic hydroxyl groups is 1. The molecule has 0 amide bonds. The molecule has 1 aromatic carbocycles. The van der Waals surface area contributed by atoms with Gasteiger partial charge in [-0.2, -0.15) is 0 Å². The molecule has 3 rings (SSSR count). The molecule has 0 saturated heterocycles. The topological polar surface area (TPSA) is 50.7 Å². The largest absolute Gasteiger partial charge is 0.497 e. The summed E-state index contributed by atoms with van der Waals surface area (Å²) in [6.07, 6.45) is 5.14. The Morgan fingerprint density at radius 1 is 1.33 bits per heavy atom. The molecule has 1 aromatic rings. The molecule has 3 atom stereocenters. The predicted molar refractivity (Wildman–Crippen MR) is 81.8 cm³/mol. The van der Waals surface area contributed by atoms with E-state index in [4.69, 9.17) is 9.47 Å². The number of rotatable bonds is 4. The van der Waals surface area contributed by atoms with Crippen molar-refractivity contribution in [2.24, 2.45) is 5.92 Å². The van der Waals surface area contributed by atoms with Gasteiger partial charge in [0.25, 0.3) is 0 Å². The van der Waals surface area contributed by atoms with Crippen molar-refractivity contribution >= 4 is 0 Å². The molecule has 1 fully saturated rings. The molecule has 0 radical (unpaired) electrons. The van der Waals surface area contributed by atoms with E-state index in [1.807, 2.05) is 12.1 Å². The van der Waals surface area contributed by atoms with Crippen molar-refractivity contribution in [2.75, 3.05) is 20.3 Å². The molecule has 21 heavy (non-hydrogen) atoms. The zero-order valence-corrected chi connectivity index (χ0v) is 12.7. The van der Waals surface area contributed by atoms with Crippen LogP contribution < -0.4 is 14.8 Å². The van der Waals surface area contributed by atoms with Crippen LogP contribution >= 0.6 is 0 Å². The first kappa shape index (κ1) is 14.7. The van der Waals surface area contributed by atoms with Crippen molar-refractivity contribution in [3.8, 4) is 11.5 Å². The van der Waals surface area contributed by atoms with Crippen LogP contribution in [0.2, 0.25) is 0 Å². The minimum Gasteiger partial charge on any atom is -0.497 e. The number of hydrogen-bond acceptors (Lipinski definition) is 4. The number of hydrogen-bond donors (Lipinski definition) is 2. The van der Waals surface area contributed by atoms with Crippen molar-refractivity contribution in [3.05, 3.63) is 23.8 Å². The van der Waals surface area contributed by atoms with E-state index in [2.05, 4.69) is 11.4 Å². The van der Waals surface area contributed by atoms with E-state index in [0.717, 1.165) is 50.3 Å². The zero-order chi connectivity index (χ0) is 14.7. The molecule has 4 heteroatoms. The van der Waals surface area contributed by atoms with Crippen LogP contribution in [-0.4, -0.2) is 31.5 Å². The third-order valence-corrected chi connectivity index (χ3v) is 4.66. The molecule has 1 saturated carbocycles. The SMILES string of the molecule is COc1ccc2c(c1)C(NCC1CCCC(O)C1)CCO2. The van der Waals surface area contributed by atoms with Gasteiger partial charge in [0.2, 0.25) is 0 Å². The second kappa shape index (κ2) is 6.67. The van der Waals surface area contributed by atoms with Crippen LogP contribution in [0.5, 0.6) is 11.5 Å². The Balaban J connectivity index is 1.64. The molecule has 0 bridgehead atoms. The van der Waals surface area contributed by atoms with Gasteiger partial charge in [-0.1, -0.05) is 6.42 Å². The highest BCUT2D eigenvalue weighted by molar-refractivity contribution is 5.43. The average Bonchev–Trinajstić information content (AvgIpc) is 2.52. The van der Waals surface area contributed by atoms with Gasteiger partial charge in [0, 0.05) is 18.0 Å². The summed E-state index contributed by atoms with van der Waals surface area (Å²) in [5.41, 5.74) is 1.19. The van der Waals surface area contributed by atoms with E-state index in [9.17, 15) is 5.11 Å². The smallest absolute Gasteiger partial charge is 0.124 e. The fourth-order valence-electron chi connectivity index (χ4n) is 3.47. The lowest BCUT2D eigenvalue weighted by Crippen LogP contribution is -2.33. The van der Waals surface area contributed by atoms with Gasteiger partial charge in [0.1, 0.15) is 11.5 Å². The van der Waals surface area contributed by atoms with Crippen molar-refractivity contribution in [1.82, 2.24) is 5.32 Å². The number of nitrogens with one attached hydrogen (secondary N) is 1. The summed E-state index contributed by atoms with van der Waals surface area (Å²) < 4.78 is 11.0. The zero-order valence-electron chi connectivity index (χ0n) is 12.7. The number of benzene rings is 1. The minimum atomic E-state index is -0.104. The van der Waals surface area contributed by atoms with Gasteiger partial charge in [0.15, 0.2) is 0 Å². The van der Waals surface area contributed by atoms with E-state index in [-0.39, 0.29) is 6.10 Å². The van der Waals surface area contributed by atoms with Gasteiger partial charge in [-0.25, -0.2) is 0 Å². The van der Waals surface area contributed by atoms with E-state index in [1.165, 1.54) is 12.0 Å². The van der Waals surface area contributed by atoms with Crippen molar-refractivity contribution in [1.29, 1.82) is 0 Å². The first-order valence-electron chi connectivity index (χ1n) is 7.98. The Labute approximate surface area is 126 Å². The molecule has 3 unspecified atom stereocenters. The molecule has 2 aliphatic rings. The van der Waals surface area contributed by atoms with Crippen LogP contribution in [0.3, 0.4) is 0 Å². The number of aliphatic hydroxyl groups excluding tert-OH is 1. The lowest BCUT2D eigenvalue weighted by atomic mass is 9.87. The normalized spacial score (nSPS) is 28.6. The highest BCUT2D eigenvalue weighted by atomic mass is 16.5. The fourth-order valence-corrected chi connectivity index (χ4v) is 3.47. The molecule has 0 aromatic heterocycles. The summed E-state index contributed by atoms with van der Waals surface area (Å²) >= 11 is 0. The van der Waals surface area contributed by atoms with Gasteiger partial charge in [-0.3, -0.25) is 0 Å². The van der Waals surface area contributed by atoms with Crippen molar-refractivity contribution in [3.63, 3.8) is 0 Å². The molecule has 2 N–H and O–H groups in total. The number of fused-ring (bicyclic) bond motifs is 1.